The fraction of sp³-hybridized carbons (Fsp3) is 0.524. The second kappa shape index (κ2) is 21.4. The van der Waals surface area contributed by atoms with Crippen molar-refractivity contribution in [1.82, 2.24) is 5.32 Å². The first-order valence-electron chi connectivity index (χ1n) is 19.0. The summed E-state index contributed by atoms with van der Waals surface area (Å²) < 4.78 is 44.0. The number of ketones is 1. The molecule has 2 N–H and O–H groups in total. The molecule has 0 saturated heterocycles. The van der Waals surface area contributed by atoms with Gasteiger partial charge in [-0.1, -0.05) is 107 Å². The molecule has 0 radical (unpaired) electrons. The molecule has 6 nitrogen and oxygen atoms in total. The van der Waals surface area contributed by atoms with E-state index in [0.717, 1.165) is 99.5 Å². The highest BCUT2D eigenvalue weighted by atomic mass is 32.1. The number of aliphatic carboxylic acids is 1. The van der Waals surface area contributed by atoms with Crippen molar-refractivity contribution < 1.29 is 37.7 Å². The molecule has 0 amide bonds. The molecular formula is C42H53F3NO5S-. The predicted molar refractivity (Wildman–Crippen MR) is 199 cm³/mol. The molecule has 0 bridgehead atoms. The van der Waals surface area contributed by atoms with Crippen molar-refractivity contribution in [2.45, 2.75) is 146 Å². The van der Waals surface area contributed by atoms with E-state index in [2.05, 4.69) is 5.32 Å². The number of alkyl halides is 3. The number of aliphatic hydroxyl groups is 1. The number of hydrogen-bond acceptors (Lipinski definition) is 7. The van der Waals surface area contributed by atoms with Gasteiger partial charge in [-0.3, -0.25) is 4.79 Å². The summed E-state index contributed by atoms with van der Waals surface area (Å²) in [5.74, 6) is -0.350. The zero-order valence-corrected chi connectivity index (χ0v) is 31.0. The molecule has 3 aromatic rings. The van der Waals surface area contributed by atoms with Crippen LogP contribution in [0.4, 0.5) is 13.2 Å². The van der Waals surface area contributed by atoms with Crippen LogP contribution < -0.4 is 15.2 Å². The molecule has 1 atom stereocenters. The van der Waals surface area contributed by atoms with E-state index in [1.54, 1.807) is 42.5 Å². The van der Waals surface area contributed by atoms with Gasteiger partial charge < -0.3 is 25.1 Å². The number of thiol groups is 1. The van der Waals surface area contributed by atoms with Gasteiger partial charge in [0.1, 0.15) is 17.6 Å². The SMILES string of the molecule is O=C([O-])CCCCCCCCCc1c(S)c(CCCCCCCCCC(F)(F)F)c2c(c1Oc1ccccc1C(=O)C(O)c1ccccc1)CNC2. The Bertz CT molecular complexity index is 1580. The quantitative estimate of drug-likeness (QED) is 0.0481. The highest BCUT2D eigenvalue weighted by molar-refractivity contribution is 7.80. The van der Waals surface area contributed by atoms with Gasteiger partial charge >= 0.3 is 6.18 Å². The minimum Gasteiger partial charge on any atom is -0.550 e. The normalized spacial score (nSPS) is 13.2. The highest BCUT2D eigenvalue weighted by Gasteiger charge is 2.29. The lowest BCUT2D eigenvalue weighted by molar-refractivity contribution is -0.305. The molecule has 1 unspecified atom stereocenters. The molecule has 1 heterocycles. The standard InChI is InChI=1S/C42H54F3NO5S/c43-42(44,45)27-19-10-6-2-4-7-14-22-31-34-28-46-29-35(34)40(33(41(31)52)24-15-8-3-1-5-9-16-26-37(47)48)51-36-25-18-17-23-32(36)39(50)38(49)30-20-12-11-13-21-30/h11-13,17-18,20-21,23,25,38,46,49,52H,1-10,14-16,19,22,24,26-29H2,(H,47,48)/p-1. The number of benzene rings is 3. The minimum atomic E-state index is -4.08. The maximum Gasteiger partial charge on any atom is 0.389 e. The number of hydrogen-bond donors (Lipinski definition) is 3. The molecular weight excluding hydrogens is 688 g/mol. The first-order valence-corrected chi connectivity index (χ1v) is 19.4. The number of halogens is 3. The zero-order valence-electron chi connectivity index (χ0n) is 30.1. The summed E-state index contributed by atoms with van der Waals surface area (Å²) in [6, 6.07) is 15.9. The van der Waals surface area contributed by atoms with E-state index >= 15 is 0 Å². The maximum atomic E-state index is 13.6. The Morgan fingerprint density at radius 2 is 1.29 bits per heavy atom. The Morgan fingerprint density at radius 3 is 1.92 bits per heavy atom. The summed E-state index contributed by atoms with van der Waals surface area (Å²) >= 11 is 5.14. The zero-order chi connectivity index (χ0) is 37.3. The summed E-state index contributed by atoms with van der Waals surface area (Å²) in [6.45, 7) is 1.30. The van der Waals surface area contributed by atoms with E-state index in [4.69, 9.17) is 17.4 Å². The van der Waals surface area contributed by atoms with Crippen LogP contribution in [0, 0.1) is 0 Å². The van der Waals surface area contributed by atoms with Gasteiger partial charge in [0.2, 0.25) is 0 Å². The van der Waals surface area contributed by atoms with E-state index in [9.17, 15) is 33.0 Å². The van der Waals surface area contributed by atoms with Crippen molar-refractivity contribution in [1.29, 1.82) is 0 Å². The third kappa shape index (κ3) is 13.0. The number of nitrogens with one attached hydrogen (secondary N) is 1. The van der Waals surface area contributed by atoms with Gasteiger partial charge in [0, 0.05) is 41.5 Å². The van der Waals surface area contributed by atoms with Crippen LogP contribution in [-0.2, 0) is 30.7 Å². The van der Waals surface area contributed by atoms with Gasteiger partial charge in [0.05, 0.1) is 5.56 Å². The van der Waals surface area contributed by atoms with Gasteiger partial charge in [-0.25, -0.2) is 0 Å². The van der Waals surface area contributed by atoms with Gasteiger partial charge in [0.15, 0.2) is 5.78 Å². The van der Waals surface area contributed by atoms with Gasteiger partial charge in [-0.15, -0.1) is 12.6 Å². The van der Waals surface area contributed by atoms with E-state index < -0.39 is 30.5 Å². The molecule has 10 heteroatoms. The molecule has 0 spiro atoms. The summed E-state index contributed by atoms with van der Waals surface area (Å²) in [5.41, 5.74) is 5.24. The number of carbonyl (C=O) groups excluding carboxylic acids is 2. The molecule has 4 rings (SSSR count). The van der Waals surface area contributed by atoms with Crippen molar-refractivity contribution in [3.05, 3.63) is 88.0 Å². The second-order valence-corrected chi connectivity index (χ2v) is 14.4. The molecule has 1 aliphatic rings. The monoisotopic (exact) mass is 740 g/mol. The summed E-state index contributed by atoms with van der Waals surface area (Å²) in [5, 5.41) is 25.2. The van der Waals surface area contributed by atoms with Crippen molar-refractivity contribution in [3.63, 3.8) is 0 Å². The molecule has 0 fully saturated rings. The van der Waals surface area contributed by atoms with Crippen molar-refractivity contribution >= 4 is 24.4 Å². The van der Waals surface area contributed by atoms with Crippen LogP contribution in [0.2, 0.25) is 0 Å². The average molecular weight is 741 g/mol. The Kier molecular flexibility index (Phi) is 17.0. The van der Waals surface area contributed by atoms with E-state index in [-0.39, 0.29) is 12.8 Å². The number of rotatable bonds is 24. The van der Waals surface area contributed by atoms with Crippen LogP contribution in [0.25, 0.3) is 0 Å². The Balaban J connectivity index is 1.49. The van der Waals surface area contributed by atoms with Gasteiger partial charge in [-0.2, -0.15) is 13.2 Å². The van der Waals surface area contributed by atoms with Crippen LogP contribution in [0.15, 0.2) is 59.5 Å². The summed E-state index contributed by atoms with van der Waals surface area (Å²) in [4.78, 5) is 25.2. The van der Waals surface area contributed by atoms with Gasteiger partial charge in [0.25, 0.3) is 0 Å². The maximum absolute atomic E-state index is 13.6. The van der Waals surface area contributed by atoms with Crippen molar-refractivity contribution in [2.24, 2.45) is 0 Å². The average Bonchev–Trinajstić information content (AvgIpc) is 3.61. The molecule has 0 aliphatic carbocycles. The van der Waals surface area contributed by atoms with Crippen LogP contribution in [-0.4, -0.2) is 23.0 Å². The van der Waals surface area contributed by atoms with Crippen molar-refractivity contribution in [3.8, 4) is 11.5 Å². The lowest BCUT2D eigenvalue weighted by Gasteiger charge is -2.23. The van der Waals surface area contributed by atoms with E-state index in [1.807, 2.05) is 12.1 Å². The summed E-state index contributed by atoms with van der Waals surface area (Å²) in [7, 11) is 0. The third-order valence-corrected chi connectivity index (χ3v) is 10.4. The van der Waals surface area contributed by atoms with Crippen LogP contribution >= 0.6 is 12.6 Å². The number of carboxylic acids is 1. The smallest absolute Gasteiger partial charge is 0.389 e. The molecule has 52 heavy (non-hydrogen) atoms. The molecule has 0 saturated carbocycles. The Labute approximate surface area is 312 Å². The molecule has 1 aliphatic heterocycles. The third-order valence-electron chi connectivity index (χ3n) is 9.87. The van der Waals surface area contributed by atoms with Crippen LogP contribution in [0.5, 0.6) is 11.5 Å². The van der Waals surface area contributed by atoms with E-state index in [1.165, 1.54) is 11.1 Å². The lowest BCUT2D eigenvalue weighted by atomic mass is 9.91. The lowest BCUT2D eigenvalue weighted by Crippen LogP contribution is -2.21. The number of unbranched alkanes of at least 4 members (excludes halogenated alkanes) is 12. The molecule has 284 valence electrons. The van der Waals surface area contributed by atoms with E-state index in [0.29, 0.717) is 48.6 Å². The number of carboxylic acid groups (broad SMARTS) is 1. The first-order chi connectivity index (χ1) is 25.1. The van der Waals surface area contributed by atoms with Gasteiger partial charge in [-0.05, 0) is 73.8 Å². The van der Waals surface area contributed by atoms with Crippen LogP contribution in [0.3, 0.4) is 0 Å². The topological polar surface area (TPSA) is 98.7 Å². The number of carbonyl (C=O) groups is 2. The number of ether oxygens (including phenoxy) is 1. The number of fused-ring (bicyclic) bond motifs is 1. The fourth-order valence-electron chi connectivity index (χ4n) is 7.04. The fourth-order valence-corrected chi connectivity index (χ4v) is 7.50. The van der Waals surface area contributed by atoms with Crippen LogP contribution in [0.1, 0.15) is 147 Å². The Hall–Kier alpha value is -3.34. The summed E-state index contributed by atoms with van der Waals surface area (Å²) in [6.07, 6.45) is 7.53. The van der Waals surface area contributed by atoms with Crippen molar-refractivity contribution in [2.75, 3.05) is 0 Å². The first kappa shape index (κ1) is 41.4. The predicted octanol–water partition coefficient (Wildman–Crippen LogP) is 9.93. The largest absolute Gasteiger partial charge is 0.550 e. The minimum absolute atomic E-state index is 0.105. The number of Topliss-reactive ketones (excluding diaryl/α,β-unsaturated/α-hetero) is 1. The molecule has 3 aromatic carbocycles. The Morgan fingerprint density at radius 1 is 0.750 bits per heavy atom. The number of aliphatic hydroxyl groups excluding tert-OH is 1. The highest BCUT2D eigenvalue weighted by Crippen LogP contribution is 2.43. The molecule has 0 aromatic heterocycles. The second-order valence-electron chi connectivity index (χ2n) is 13.9. The number of para-hydroxylation sites is 1.